The summed E-state index contributed by atoms with van der Waals surface area (Å²) in [5, 5.41) is 7.36. The minimum absolute atomic E-state index is 0.170. The van der Waals surface area contributed by atoms with Crippen molar-refractivity contribution >= 4 is 17.4 Å². The lowest BCUT2D eigenvalue weighted by Crippen LogP contribution is -2.20. The molecule has 0 aliphatic rings. The van der Waals surface area contributed by atoms with Gasteiger partial charge in [0.2, 0.25) is 0 Å². The molecule has 0 aromatic carbocycles. The minimum atomic E-state index is -0.170. The number of anilines is 1. The van der Waals surface area contributed by atoms with E-state index in [2.05, 4.69) is 29.2 Å². The van der Waals surface area contributed by atoms with Gasteiger partial charge in [-0.2, -0.15) is 5.10 Å². The van der Waals surface area contributed by atoms with Crippen molar-refractivity contribution in [2.75, 3.05) is 5.32 Å². The van der Waals surface area contributed by atoms with E-state index in [4.69, 9.17) is 0 Å². The van der Waals surface area contributed by atoms with Crippen LogP contribution in [0.4, 0.5) is 5.82 Å². The van der Waals surface area contributed by atoms with Crippen molar-refractivity contribution in [3.63, 3.8) is 0 Å². The van der Waals surface area contributed by atoms with Crippen LogP contribution in [0.1, 0.15) is 54.5 Å². The molecule has 0 bridgehead atoms. The monoisotopic (exact) mass is 325 g/mol. The van der Waals surface area contributed by atoms with E-state index in [9.17, 15) is 4.79 Å². The Morgan fingerprint density at radius 3 is 2.71 bits per heavy atom. The summed E-state index contributed by atoms with van der Waals surface area (Å²) in [6, 6.07) is 6.05. The molecule has 0 unspecified atom stereocenters. The van der Waals surface area contributed by atoms with Crippen LogP contribution in [0.5, 0.6) is 0 Å². The smallest absolute Gasteiger partial charge is 0.275 e. The Kier molecular flexibility index (Phi) is 4.38. The fourth-order valence-electron chi connectivity index (χ4n) is 3.05. The van der Waals surface area contributed by atoms with E-state index in [-0.39, 0.29) is 11.9 Å². The first-order valence-electron chi connectivity index (χ1n) is 8.35. The molecular weight excluding hydrogens is 302 g/mol. The Balaban J connectivity index is 1.94. The number of hydrogen-bond acceptors (Lipinski definition) is 3. The number of imidazole rings is 1. The second-order valence-corrected chi connectivity index (χ2v) is 6.06. The summed E-state index contributed by atoms with van der Waals surface area (Å²) in [6.45, 7) is 8.12. The molecule has 6 nitrogen and oxygen atoms in total. The summed E-state index contributed by atoms with van der Waals surface area (Å²) in [5.41, 5.74) is 3.17. The Labute approximate surface area is 141 Å². The number of hydrogen-bond donors (Lipinski definition) is 1. The molecule has 126 valence electrons. The van der Waals surface area contributed by atoms with Crippen LogP contribution < -0.4 is 5.32 Å². The fraction of sp³-hybridized carbons (Fsp3) is 0.389. The van der Waals surface area contributed by atoms with Crippen LogP contribution in [-0.2, 0) is 0 Å². The minimum Gasteiger partial charge on any atom is -0.305 e. The molecular formula is C18H23N5O. The molecule has 6 heteroatoms. The van der Waals surface area contributed by atoms with Crippen LogP contribution in [0.2, 0.25) is 0 Å². The maximum atomic E-state index is 12.8. The molecule has 0 fully saturated rings. The summed E-state index contributed by atoms with van der Waals surface area (Å²) < 4.78 is 3.72. The molecule has 24 heavy (non-hydrogen) atoms. The summed E-state index contributed by atoms with van der Waals surface area (Å²) >= 11 is 0. The predicted molar refractivity (Wildman–Crippen MR) is 94.5 cm³/mol. The van der Waals surface area contributed by atoms with Crippen molar-refractivity contribution < 1.29 is 4.79 Å². The van der Waals surface area contributed by atoms with E-state index >= 15 is 0 Å². The summed E-state index contributed by atoms with van der Waals surface area (Å²) in [7, 11) is 0. The molecule has 3 aromatic heterocycles. The third kappa shape index (κ3) is 2.79. The van der Waals surface area contributed by atoms with Gasteiger partial charge in [0.05, 0.1) is 17.9 Å². The molecule has 0 atom stereocenters. The third-order valence-electron chi connectivity index (χ3n) is 4.37. The molecule has 3 heterocycles. The fourth-order valence-corrected chi connectivity index (χ4v) is 3.05. The highest BCUT2D eigenvalue weighted by atomic mass is 16.2. The van der Waals surface area contributed by atoms with Gasteiger partial charge in [0.15, 0.2) is 0 Å². The van der Waals surface area contributed by atoms with Gasteiger partial charge in [-0.3, -0.25) is 9.20 Å². The lowest BCUT2D eigenvalue weighted by Gasteiger charge is -2.17. The number of carbonyl (C=O) groups is 1. The van der Waals surface area contributed by atoms with E-state index in [1.165, 1.54) is 0 Å². The zero-order valence-corrected chi connectivity index (χ0v) is 14.6. The molecule has 0 saturated carbocycles. The van der Waals surface area contributed by atoms with Crippen molar-refractivity contribution in [3.8, 4) is 0 Å². The first-order chi connectivity index (χ1) is 11.5. The van der Waals surface area contributed by atoms with Crippen LogP contribution in [0.25, 0.3) is 5.65 Å². The van der Waals surface area contributed by atoms with E-state index in [1.807, 2.05) is 47.3 Å². The van der Waals surface area contributed by atoms with Gasteiger partial charge in [0.25, 0.3) is 5.91 Å². The van der Waals surface area contributed by atoms with Gasteiger partial charge in [-0.1, -0.05) is 13.8 Å². The number of aromatic nitrogens is 4. The number of rotatable bonds is 5. The van der Waals surface area contributed by atoms with Gasteiger partial charge in [-0.15, -0.1) is 0 Å². The maximum Gasteiger partial charge on any atom is 0.275 e. The standard InChI is InChI=1S/C18H23N5O/c1-5-14(6-2)23-15(7-9-19-23)21-18(24)17-13(4)20-16-11-12(3)8-10-22(16)17/h7-11,14H,5-6H2,1-4H3,(H,21,24). The largest absolute Gasteiger partial charge is 0.305 e. The molecule has 3 rings (SSSR count). The SMILES string of the molecule is CCC(CC)n1nccc1NC(=O)c1c(C)nc2cc(C)ccn12. The Morgan fingerprint density at radius 1 is 1.25 bits per heavy atom. The molecule has 0 aliphatic heterocycles. The van der Waals surface area contributed by atoms with E-state index in [0.29, 0.717) is 11.4 Å². The van der Waals surface area contributed by atoms with Crippen molar-refractivity contribution in [3.05, 3.63) is 47.5 Å². The summed E-state index contributed by atoms with van der Waals surface area (Å²) in [6.07, 6.45) is 5.54. The van der Waals surface area contributed by atoms with E-state index in [0.717, 1.165) is 29.9 Å². The number of carbonyl (C=O) groups excluding carboxylic acids is 1. The number of pyridine rings is 1. The van der Waals surface area contributed by atoms with Crippen LogP contribution in [0.3, 0.4) is 0 Å². The molecule has 0 aliphatic carbocycles. The predicted octanol–water partition coefficient (Wildman–Crippen LogP) is 3.76. The second-order valence-electron chi connectivity index (χ2n) is 6.06. The Hall–Kier alpha value is -2.63. The van der Waals surface area contributed by atoms with Gasteiger partial charge < -0.3 is 5.32 Å². The van der Waals surface area contributed by atoms with E-state index in [1.54, 1.807) is 6.20 Å². The number of nitrogens with zero attached hydrogens (tertiary/aromatic N) is 4. The maximum absolute atomic E-state index is 12.8. The average Bonchev–Trinajstić information content (AvgIpc) is 3.12. The zero-order chi connectivity index (χ0) is 17.3. The number of aryl methyl sites for hydroxylation is 2. The highest BCUT2D eigenvalue weighted by molar-refractivity contribution is 6.04. The number of amides is 1. The molecule has 1 N–H and O–H groups in total. The summed E-state index contributed by atoms with van der Waals surface area (Å²) in [4.78, 5) is 17.3. The average molecular weight is 325 g/mol. The van der Waals surface area contributed by atoms with Gasteiger partial charge in [0.1, 0.15) is 17.2 Å². The van der Waals surface area contributed by atoms with Crippen molar-refractivity contribution in [1.82, 2.24) is 19.2 Å². The molecule has 1 amide bonds. The second kappa shape index (κ2) is 6.47. The Morgan fingerprint density at radius 2 is 2.00 bits per heavy atom. The normalized spacial score (nSPS) is 11.4. The van der Waals surface area contributed by atoms with Gasteiger partial charge >= 0.3 is 0 Å². The van der Waals surface area contributed by atoms with Crippen molar-refractivity contribution in [2.24, 2.45) is 0 Å². The van der Waals surface area contributed by atoms with Gasteiger partial charge in [-0.25, -0.2) is 9.67 Å². The van der Waals surface area contributed by atoms with Crippen LogP contribution in [0.15, 0.2) is 30.6 Å². The quantitative estimate of drug-likeness (QED) is 0.777. The van der Waals surface area contributed by atoms with E-state index < -0.39 is 0 Å². The first kappa shape index (κ1) is 16.2. The van der Waals surface area contributed by atoms with Crippen molar-refractivity contribution in [2.45, 2.75) is 46.6 Å². The lowest BCUT2D eigenvalue weighted by molar-refractivity contribution is 0.101. The van der Waals surface area contributed by atoms with Gasteiger partial charge in [-0.05, 0) is 44.4 Å². The van der Waals surface area contributed by atoms with Gasteiger partial charge in [0, 0.05) is 12.3 Å². The topological polar surface area (TPSA) is 64.2 Å². The summed E-state index contributed by atoms with van der Waals surface area (Å²) in [5.74, 6) is 0.548. The van der Waals surface area contributed by atoms with Crippen LogP contribution in [-0.4, -0.2) is 25.1 Å². The zero-order valence-electron chi connectivity index (χ0n) is 14.6. The van der Waals surface area contributed by atoms with Crippen LogP contribution in [0, 0.1) is 13.8 Å². The third-order valence-corrected chi connectivity index (χ3v) is 4.37. The first-order valence-corrected chi connectivity index (χ1v) is 8.35. The van der Waals surface area contributed by atoms with Crippen molar-refractivity contribution in [1.29, 1.82) is 0 Å². The highest BCUT2D eigenvalue weighted by Gasteiger charge is 2.19. The highest BCUT2D eigenvalue weighted by Crippen LogP contribution is 2.21. The molecule has 0 radical (unpaired) electrons. The molecule has 0 saturated heterocycles. The van der Waals surface area contributed by atoms with Crippen LogP contribution >= 0.6 is 0 Å². The molecule has 0 spiro atoms. The lowest BCUT2D eigenvalue weighted by atomic mass is 10.2. The molecule has 3 aromatic rings. The number of nitrogens with one attached hydrogen (secondary N) is 1. The Bertz CT molecular complexity index is 873. The number of fused-ring (bicyclic) bond motifs is 1.